The Morgan fingerprint density at radius 1 is 1.00 bits per heavy atom. The molecule has 24 heavy (non-hydrogen) atoms. The number of rotatable bonds is 8. The molecule has 1 heterocycles. The van der Waals surface area contributed by atoms with Gasteiger partial charge in [-0.1, -0.05) is 0 Å². The first kappa shape index (κ1) is 17.5. The lowest BCUT2D eigenvalue weighted by molar-refractivity contribution is 0.102. The number of hydrogen-bond donors (Lipinski definition) is 2. The molecule has 0 aliphatic rings. The number of nitrogens with one attached hydrogen (secondary N) is 2. The second kappa shape index (κ2) is 8.68. The van der Waals surface area contributed by atoms with E-state index in [1.165, 1.54) is 14.2 Å². The normalized spacial score (nSPS) is 10.1. The topological polar surface area (TPSA) is 94.6 Å². The van der Waals surface area contributed by atoms with Crippen LogP contribution < -0.4 is 20.1 Å². The van der Waals surface area contributed by atoms with E-state index in [1.54, 1.807) is 37.4 Å². The van der Waals surface area contributed by atoms with Crippen LogP contribution in [0.5, 0.6) is 11.5 Å². The Bertz CT molecular complexity index is 676. The maximum absolute atomic E-state index is 12.3. The van der Waals surface area contributed by atoms with Gasteiger partial charge in [0.2, 0.25) is 0 Å². The number of carbonyl (C=O) groups excluding carboxylic acids is 1. The first-order valence-electron chi connectivity index (χ1n) is 7.28. The zero-order valence-corrected chi connectivity index (χ0v) is 13.8. The summed E-state index contributed by atoms with van der Waals surface area (Å²) in [7, 11) is 4.68. The van der Waals surface area contributed by atoms with Gasteiger partial charge in [0.25, 0.3) is 5.91 Å². The van der Waals surface area contributed by atoms with Gasteiger partial charge in [-0.2, -0.15) is 0 Å². The fourth-order valence-corrected chi connectivity index (χ4v) is 1.94. The number of hydrogen-bond acceptors (Lipinski definition) is 7. The van der Waals surface area contributed by atoms with Gasteiger partial charge in [-0.05, 0) is 30.3 Å². The summed E-state index contributed by atoms with van der Waals surface area (Å²) < 4.78 is 15.3. The highest BCUT2D eigenvalue weighted by Crippen LogP contribution is 2.27. The molecule has 0 spiro atoms. The van der Waals surface area contributed by atoms with Crippen LogP contribution in [0.1, 0.15) is 10.4 Å². The summed E-state index contributed by atoms with van der Waals surface area (Å²) in [6.07, 6.45) is 0. The van der Waals surface area contributed by atoms with Gasteiger partial charge >= 0.3 is 0 Å². The molecule has 2 N–H and O–H groups in total. The molecule has 8 nitrogen and oxygen atoms in total. The third kappa shape index (κ3) is 4.56. The highest BCUT2D eigenvalue weighted by Gasteiger charge is 2.11. The van der Waals surface area contributed by atoms with Crippen LogP contribution in [0.15, 0.2) is 30.3 Å². The third-order valence-corrected chi connectivity index (χ3v) is 3.16. The molecule has 2 rings (SSSR count). The molecular weight excluding hydrogens is 312 g/mol. The number of nitrogens with zero attached hydrogens (tertiary/aromatic N) is 2. The minimum absolute atomic E-state index is 0.314. The van der Waals surface area contributed by atoms with Gasteiger partial charge in [-0.3, -0.25) is 4.79 Å². The van der Waals surface area contributed by atoms with Crippen molar-refractivity contribution in [1.82, 2.24) is 10.2 Å². The second-order valence-corrected chi connectivity index (χ2v) is 4.75. The predicted molar refractivity (Wildman–Crippen MR) is 89.9 cm³/mol. The van der Waals surface area contributed by atoms with E-state index in [4.69, 9.17) is 14.2 Å². The standard InChI is InChI=1S/C16H20N4O4/c1-22-9-8-17-14-6-7-15(20-19-14)18-16(21)11-4-5-12(23-2)13(10-11)24-3/h4-7,10H,8-9H2,1-3H3,(H,17,19)(H,18,20,21). The Morgan fingerprint density at radius 3 is 2.33 bits per heavy atom. The van der Waals surface area contributed by atoms with Crippen LogP contribution in [-0.4, -0.2) is 50.6 Å². The van der Waals surface area contributed by atoms with Crippen molar-refractivity contribution in [2.75, 3.05) is 45.1 Å². The zero-order valence-electron chi connectivity index (χ0n) is 13.8. The van der Waals surface area contributed by atoms with Crippen molar-refractivity contribution in [2.24, 2.45) is 0 Å². The van der Waals surface area contributed by atoms with Crippen molar-refractivity contribution in [3.63, 3.8) is 0 Å². The van der Waals surface area contributed by atoms with E-state index in [9.17, 15) is 4.79 Å². The van der Waals surface area contributed by atoms with Crippen LogP contribution in [0.2, 0.25) is 0 Å². The number of methoxy groups -OCH3 is 3. The largest absolute Gasteiger partial charge is 0.493 e. The first-order valence-corrected chi connectivity index (χ1v) is 7.28. The molecule has 1 aromatic carbocycles. The number of anilines is 2. The SMILES string of the molecule is COCCNc1ccc(NC(=O)c2ccc(OC)c(OC)c2)nn1. The molecule has 0 aliphatic carbocycles. The van der Waals surface area contributed by atoms with Crippen LogP contribution in [0, 0.1) is 0 Å². The summed E-state index contributed by atoms with van der Waals surface area (Å²) in [4.78, 5) is 12.3. The summed E-state index contributed by atoms with van der Waals surface area (Å²) in [5, 5.41) is 13.7. The molecule has 0 radical (unpaired) electrons. The van der Waals surface area contributed by atoms with Crippen molar-refractivity contribution < 1.29 is 19.0 Å². The Hall–Kier alpha value is -2.87. The molecule has 0 unspecified atom stereocenters. The van der Waals surface area contributed by atoms with E-state index in [1.807, 2.05) is 0 Å². The molecule has 0 bridgehead atoms. The molecule has 0 atom stereocenters. The number of benzene rings is 1. The van der Waals surface area contributed by atoms with Crippen LogP contribution in [0.4, 0.5) is 11.6 Å². The van der Waals surface area contributed by atoms with Gasteiger partial charge in [0.15, 0.2) is 17.3 Å². The second-order valence-electron chi connectivity index (χ2n) is 4.75. The molecule has 0 fully saturated rings. The molecule has 1 aromatic heterocycles. The molecular formula is C16H20N4O4. The highest BCUT2D eigenvalue weighted by molar-refractivity contribution is 6.04. The molecule has 0 saturated carbocycles. The van der Waals surface area contributed by atoms with Gasteiger partial charge in [0.1, 0.15) is 5.82 Å². The van der Waals surface area contributed by atoms with Crippen molar-refractivity contribution in [3.8, 4) is 11.5 Å². The fourth-order valence-electron chi connectivity index (χ4n) is 1.94. The maximum Gasteiger partial charge on any atom is 0.257 e. The zero-order chi connectivity index (χ0) is 17.4. The van der Waals surface area contributed by atoms with Crippen molar-refractivity contribution in [2.45, 2.75) is 0 Å². The van der Waals surface area contributed by atoms with Crippen LogP contribution in [-0.2, 0) is 4.74 Å². The van der Waals surface area contributed by atoms with Crippen LogP contribution in [0.25, 0.3) is 0 Å². The average molecular weight is 332 g/mol. The third-order valence-electron chi connectivity index (χ3n) is 3.16. The van der Waals surface area contributed by atoms with Gasteiger partial charge < -0.3 is 24.8 Å². The minimum atomic E-state index is -0.314. The summed E-state index contributed by atoms with van der Waals surface area (Å²) in [5.41, 5.74) is 0.428. The molecule has 0 aliphatic heterocycles. The lowest BCUT2D eigenvalue weighted by Gasteiger charge is -2.10. The number of ether oxygens (including phenoxy) is 3. The number of carbonyl (C=O) groups is 1. The summed E-state index contributed by atoms with van der Waals surface area (Å²) in [6, 6.07) is 8.31. The maximum atomic E-state index is 12.3. The molecule has 0 saturated heterocycles. The number of aromatic nitrogens is 2. The lowest BCUT2D eigenvalue weighted by Crippen LogP contribution is -2.14. The minimum Gasteiger partial charge on any atom is -0.493 e. The van der Waals surface area contributed by atoms with Gasteiger partial charge in [0.05, 0.1) is 20.8 Å². The van der Waals surface area contributed by atoms with Gasteiger partial charge in [-0.15, -0.1) is 10.2 Å². The highest BCUT2D eigenvalue weighted by atomic mass is 16.5. The lowest BCUT2D eigenvalue weighted by atomic mass is 10.2. The van der Waals surface area contributed by atoms with Gasteiger partial charge in [-0.25, -0.2) is 0 Å². The van der Waals surface area contributed by atoms with Crippen LogP contribution in [0.3, 0.4) is 0 Å². The van der Waals surface area contributed by atoms with Crippen LogP contribution >= 0.6 is 0 Å². The Labute approximate surface area is 140 Å². The van der Waals surface area contributed by atoms with Crippen molar-refractivity contribution in [1.29, 1.82) is 0 Å². The Kier molecular flexibility index (Phi) is 6.32. The molecule has 2 aromatic rings. The van der Waals surface area contributed by atoms with E-state index < -0.39 is 0 Å². The van der Waals surface area contributed by atoms with Gasteiger partial charge in [0, 0.05) is 19.2 Å². The number of amides is 1. The van der Waals surface area contributed by atoms with E-state index in [0.717, 1.165) is 0 Å². The Morgan fingerprint density at radius 2 is 1.71 bits per heavy atom. The molecule has 8 heteroatoms. The van der Waals surface area contributed by atoms with Crippen molar-refractivity contribution in [3.05, 3.63) is 35.9 Å². The fraction of sp³-hybridized carbons (Fsp3) is 0.312. The van der Waals surface area contributed by atoms with E-state index in [0.29, 0.717) is 41.8 Å². The van der Waals surface area contributed by atoms with E-state index in [2.05, 4.69) is 20.8 Å². The Balaban J connectivity index is 2.01. The molecule has 1 amide bonds. The quantitative estimate of drug-likeness (QED) is 0.712. The summed E-state index contributed by atoms with van der Waals surface area (Å²) in [5.74, 6) is 1.68. The smallest absolute Gasteiger partial charge is 0.257 e. The summed E-state index contributed by atoms with van der Waals surface area (Å²) in [6.45, 7) is 1.20. The summed E-state index contributed by atoms with van der Waals surface area (Å²) >= 11 is 0. The van der Waals surface area contributed by atoms with E-state index >= 15 is 0 Å². The first-order chi connectivity index (χ1) is 11.7. The van der Waals surface area contributed by atoms with Crippen molar-refractivity contribution >= 4 is 17.5 Å². The van der Waals surface area contributed by atoms with E-state index in [-0.39, 0.29) is 5.91 Å². The average Bonchev–Trinajstić information content (AvgIpc) is 2.62. The molecule has 128 valence electrons. The predicted octanol–water partition coefficient (Wildman–Crippen LogP) is 1.80. The monoisotopic (exact) mass is 332 g/mol.